The van der Waals surface area contributed by atoms with E-state index in [-0.39, 0.29) is 16.7 Å². The molecule has 2 heterocycles. The van der Waals surface area contributed by atoms with Gasteiger partial charge in [-0.05, 0) is 43.5 Å². The van der Waals surface area contributed by atoms with Crippen molar-refractivity contribution in [3.63, 3.8) is 0 Å². The highest BCUT2D eigenvalue weighted by Crippen LogP contribution is 2.30. The number of hydrogen-bond acceptors (Lipinski definition) is 7. The second-order valence-corrected chi connectivity index (χ2v) is 8.30. The molecule has 3 rings (SSSR count). The number of carbonyl (C=O) groups is 1. The van der Waals surface area contributed by atoms with Crippen LogP contribution < -0.4 is 10.1 Å². The molecule has 3 aromatic rings. The zero-order valence-corrected chi connectivity index (χ0v) is 18.4. The minimum atomic E-state index is -0.493. The molecule has 0 spiro atoms. The summed E-state index contributed by atoms with van der Waals surface area (Å²) in [4.78, 5) is 12.2. The molecule has 0 unspecified atom stereocenters. The average Bonchev–Trinajstić information content (AvgIpc) is 3.34. The predicted octanol–water partition coefficient (Wildman–Crippen LogP) is 4.89. The van der Waals surface area contributed by atoms with Crippen LogP contribution in [0.1, 0.15) is 31.3 Å². The van der Waals surface area contributed by atoms with E-state index in [9.17, 15) is 9.18 Å². The molecule has 0 radical (unpaired) electrons. The fourth-order valence-electron chi connectivity index (χ4n) is 2.61. The van der Waals surface area contributed by atoms with Crippen LogP contribution in [0.25, 0.3) is 0 Å². The van der Waals surface area contributed by atoms with Crippen LogP contribution >= 0.6 is 34.7 Å². The van der Waals surface area contributed by atoms with Crippen LogP contribution in [0.2, 0.25) is 5.02 Å². The molecule has 0 aliphatic heterocycles. The minimum absolute atomic E-state index is 0.111. The molecule has 11 heteroatoms. The predicted molar refractivity (Wildman–Crippen MR) is 115 cm³/mol. The molecule has 0 saturated heterocycles. The van der Waals surface area contributed by atoms with E-state index in [4.69, 9.17) is 21.6 Å². The molecule has 1 N–H and O–H groups in total. The van der Waals surface area contributed by atoms with Crippen LogP contribution in [0.5, 0.6) is 5.75 Å². The number of rotatable bonds is 8. The number of benzene rings is 1. The van der Waals surface area contributed by atoms with E-state index in [1.807, 2.05) is 17.6 Å². The maximum atomic E-state index is 13.2. The van der Waals surface area contributed by atoms with E-state index in [0.717, 1.165) is 0 Å². The lowest BCUT2D eigenvalue weighted by molar-refractivity contribution is -0.113. The van der Waals surface area contributed by atoms with Crippen molar-refractivity contribution in [2.45, 2.75) is 31.7 Å². The zero-order valence-electron chi connectivity index (χ0n) is 16.1. The third-order valence-electron chi connectivity index (χ3n) is 3.99. The van der Waals surface area contributed by atoms with Gasteiger partial charge in [-0.3, -0.25) is 4.79 Å². The van der Waals surface area contributed by atoms with Crippen molar-refractivity contribution in [1.29, 1.82) is 5.26 Å². The SMILES string of the molecule is CCn1c(SCC(=O)Nc2sccc2C#N)nnc1[C@H](C)Oc1ccc(F)cc1Cl. The number of thiophene rings is 1. The normalized spacial score (nSPS) is 11.7. The molecule has 156 valence electrons. The molecule has 7 nitrogen and oxygen atoms in total. The van der Waals surface area contributed by atoms with Crippen molar-refractivity contribution >= 4 is 45.6 Å². The second kappa shape index (κ2) is 9.93. The van der Waals surface area contributed by atoms with Gasteiger partial charge in [-0.2, -0.15) is 5.26 Å². The maximum absolute atomic E-state index is 13.2. The van der Waals surface area contributed by atoms with Gasteiger partial charge in [0.15, 0.2) is 17.1 Å². The summed E-state index contributed by atoms with van der Waals surface area (Å²) in [5, 5.41) is 23.1. The molecular weight excluding hydrogens is 449 g/mol. The van der Waals surface area contributed by atoms with Crippen molar-refractivity contribution in [3.8, 4) is 11.8 Å². The van der Waals surface area contributed by atoms with E-state index in [1.165, 1.54) is 41.3 Å². The Hall–Kier alpha value is -2.61. The van der Waals surface area contributed by atoms with Gasteiger partial charge in [0.25, 0.3) is 0 Å². The largest absolute Gasteiger partial charge is 0.481 e. The van der Waals surface area contributed by atoms with Crippen molar-refractivity contribution in [3.05, 3.63) is 51.9 Å². The van der Waals surface area contributed by atoms with Crippen molar-refractivity contribution in [2.24, 2.45) is 0 Å². The Bertz CT molecular complexity index is 1100. The summed E-state index contributed by atoms with van der Waals surface area (Å²) in [5.41, 5.74) is 0.433. The lowest BCUT2D eigenvalue weighted by atomic mass is 10.3. The van der Waals surface area contributed by atoms with Gasteiger partial charge >= 0.3 is 0 Å². The zero-order chi connectivity index (χ0) is 21.7. The van der Waals surface area contributed by atoms with Crippen LogP contribution in [-0.2, 0) is 11.3 Å². The molecular formula is C19H17ClFN5O2S2. The molecule has 30 heavy (non-hydrogen) atoms. The maximum Gasteiger partial charge on any atom is 0.235 e. The minimum Gasteiger partial charge on any atom is -0.481 e. The summed E-state index contributed by atoms with van der Waals surface area (Å²) in [6, 6.07) is 7.60. The average molecular weight is 466 g/mol. The molecule has 2 aromatic heterocycles. The van der Waals surface area contributed by atoms with Crippen LogP contribution in [0, 0.1) is 17.1 Å². The van der Waals surface area contributed by atoms with E-state index in [1.54, 1.807) is 18.4 Å². The number of nitrogens with zero attached hydrogens (tertiary/aromatic N) is 4. The lowest BCUT2D eigenvalue weighted by Gasteiger charge is -2.16. The Kier molecular flexibility index (Phi) is 7.31. The topological polar surface area (TPSA) is 92.8 Å². The van der Waals surface area contributed by atoms with Gasteiger partial charge in [0.1, 0.15) is 22.6 Å². The Morgan fingerprint density at radius 2 is 2.27 bits per heavy atom. The van der Waals surface area contributed by atoms with E-state index in [0.29, 0.717) is 33.8 Å². The summed E-state index contributed by atoms with van der Waals surface area (Å²) in [6.45, 7) is 4.29. The van der Waals surface area contributed by atoms with Crippen molar-refractivity contribution < 1.29 is 13.9 Å². The van der Waals surface area contributed by atoms with Gasteiger partial charge < -0.3 is 14.6 Å². The molecule has 0 saturated carbocycles. The molecule has 0 fully saturated rings. The summed E-state index contributed by atoms with van der Waals surface area (Å²) in [5.74, 6) is 0.325. The summed E-state index contributed by atoms with van der Waals surface area (Å²) < 4.78 is 20.9. The molecule has 1 atom stereocenters. The summed E-state index contributed by atoms with van der Waals surface area (Å²) >= 11 is 8.56. The van der Waals surface area contributed by atoms with Gasteiger partial charge in [0.2, 0.25) is 5.91 Å². The first-order valence-electron chi connectivity index (χ1n) is 8.88. The van der Waals surface area contributed by atoms with Crippen LogP contribution in [0.4, 0.5) is 9.39 Å². The molecule has 0 bridgehead atoms. The first kappa shape index (κ1) is 22.1. The van der Waals surface area contributed by atoms with Crippen LogP contribution in [0.3, 0.4) is 0 Å². The Morgan fingerprint density at radius 3 is 2.97 bits per heavy atom. The quantitative estimate of drug-likeness (QED) is 0.476. The first-order chi connectivity index (χ1) is 14.4. The molecule has 0 aliphatic rings. The van der Waals surface area contributed by atoms with Crippen LogP contribution in [0.15, 0.2) is 34.8 Å². The second-order valence-electron chi connectivity index (χ2n) is 6.03. The van der Waals surface area contributed by atoms with E-state index < -0.39 is 11.9 Å². The van der Waals surface area contributed by atoms with Gasteiger partial charge in [0.05, 0.1) is 16.3 Å². The van der Waals surface area contributed by atoms with Crippen molar-refractivity contribution in [1.82, 2.24) is 14.8 Å². The fraction of sp³-hybridized carbons (Fsp3) is 0.263. The van der Waals surface area contributed by atoms with E-state index in [2.05, 4.69) is 15.5 Å². The summed E-state index contributed by atoms with van der Waals surface area (Å²) in [7, 11) is 0. The molecule has 1 aromatic carbocycles. The number of anilines is 1. The lowest BCUT2D eigenvalue weighted by Crippen LogP contribution is -2.15. The highest BCUT2D eigenvalue weighted by Gasteiger charge is 2.20. The number of nitriles is 1. The number of ether oxygens (including phenoxy) is 1. The molecule has 1 amide bonds. The fourth-order valence-corrected chi connectivity index (χ4v) is 4.38. The number of nitrogens with one attached hydrogen (secondary N) is 1. The smallest absolute Gasteiger partial charge is 0.235 e. The Balaban J connectivity index is 1.66. The van der Waals surface area contributed by atoms with E-state index >= 15 is 0 Å². The highest BCUT2D eigenvalue weighted by atomic mass is 35.5. The number of carbonyl (C=O) groups excluding carboxylic acids is 1. The van der Waals surface area contributed by atoms with Gasteiger partial charge in [-0.1, -0.05) is 23.4 Å². The standard InChI is InChI=1S/C19H17ClFN5O2S2/c1-3-26-17(11(2)28-15-5-4-13(21)8-14(15)20)24-25-19(26)30-10-16(27)23-18-12(9-22)6-7-29-18/h4-8,11H,3,10H2,1-2H3,(H,23,27)/t11-/m0/s1. The van der Waals surface area contributed by atoms with Crippen molar-refractivity contribution in [2.75, 3.05) is 11.1 Å². The monoisotopic (exact) mass is 465 g/mol. The van der Waals surface area contributed by atoms with Gasteiger partial charge in [-0.15, -0.1) is 21.5 Å². The third-order valence-corrected chi connectivity index (χ3v) is 6.09. The number of thioether (sulfide) groups is 1. The Morgan fingerprint density at radius 1 is 1.47 bits per heavy atom. The van der Waals surface area contributed by atoms with Gasteiger partial charge in [0, 0.05) is 6.54 Å². The number of amides is 1. The first-order valence-corrected chi connectivity index (χ1v) is 11.1. The number of hydrogen-bond donors (Lipinski definition) is 1. The van der Waals surface area contributed by atoms with Crippen LogP contribution in [-0.4, -0.2) is 26.4 Å². The Labute approximate surface area is 185 Å². The number of aromatic nitrogens is 3. The van der Waals surface area contributed by atoms with Gasteiger partial charge in [-0.25, -0.2) is 4.39 Å². The summed E-state index contributed by atoms with van der Waals surface area (Å²) in [6.07, 6.45) is -0.493. The highest BCUT2D eigenvalue weighted by molar-refractivity contribution is 7.99. The third kappa shape index (κ3) is 5.11. The molecule has 0 aliphatic carbocycles. The number of halogens is 2.